The monoisotopic (exact) mass is 372 g/mol. The van der Waals surface area contributed by atoms with Gasteiger partial charge < -0.3 is 10.2 Å². The molecule has 1 N–H and O–H groups in total. The highest BCUT2D eigenvalue weighted by molar-refractivity contribution is 6.06. The molecule has 2 aromatic rings. The minimum absolute atomic E-state index is 0.117. The molecule has 0 bridgehead atoms. The maximum Gasteiger partial charge on any atom is 0.255 e. The van der Waals surface area contributed by atoms with Crippen LogP contribution in [0.25, 0.3) is 0 Å². The van der Waals surface area contributed by atoms with Crippen LogP contribution < -0.4 is 5.32 Å². The molecule has 1 saturated heterocycles. The van der Waals surface area contributed by atoms with E-state index >= 15 is 0 Å². The number of halogens is 2. The Balaban J connectivity index is 1.80. The number of likely N-dealkylation sites (tertiary alicyclic amines) is 1. The average Bonchev–Trinajstić information content (AvgIpc) is 2.70. The van der Waals surface area contributed by atoms with E-state index in [9.17, 15) is 18.4 Å². The number of hydrogen-bond donors (Lipinski definition) is 1. The zero-order chi connectivity index (χ0) is 19.4. The van der Waals surface area contributed by atoms with Gasteiger partial charge in [0.15, 0.2) is 0 Å². The van der Waals surface area contributed by atoms with E-state index in [1.54, 1.807) is 12.1 Å². The lowest BCUT2D eigenvalue weighted by molar-refractivity contribution is 0.0608. The number of nitrogens with zero attached hydrogens (tertiary/aromatic N) is 1. The molecule has 0 radical (unpaired) electrons. The molecule has 27 heavy (non-hydrogen) atoms. The summed E-state index contributed by atoms with van der Waals surface area (Å²) in [5.74, 6) is -2.49. The molecule has 6 heteroatoms. The molecule has 0 spiro atoms. The van der Waals surface area contributed by atoms with Crippen LogP contribution in [0.4, 0.5) is 14.5 Å². The van der Waals surface area contributed by atoms with E-state index in [1.165, 1.54) is 18.2 Å². The first-order chi connectivity index (χ1) is 13.0. The van der Waals surface area contributed by atoms with Gasteiger partial charge in [0, 0.05) is 23.7 Å². The van der Waals surface area contributed by atoms with Crippen LogP contribution in [0.1, 0.15) is 53.3 Å². The van der Waals surface area contributed by atoms with Crippen LogP contribution >= 0.6 is 0 Å². The van der Waals surface area contributed by atoms with E-state index in [0.29, 0.717) is 12.1 Å². The van der Waals surface area contributed by atoms with E-state index in [2.05, 4.69) is 12.2 Å². The Bertz CT molecular complexity index is 834. The quantitative estimate of drug-likeness (QED) is 0.851. The fourth-order valence-corrected chi connectivity index (χ4v) is 3.45. The summed E-state index contributed by atoms with van der Waals surface area (Å²) in [5.41, 5.74) is 0.0758. The Morgan fingerprint density at radius 1 is 1.07 bits per heavy atom. The molecular formula is C21H22F2N2O2. The number of rotatable bonds is 4. The highest BCUT2D eigenvalue weighted by Gasteiger charge is 2.26. The molecule has 1 aliphatic rings. The topological polar surface area (TPSA) is 49.4 Å². The number of para-hydroxylation sites is 1. The molecule has 1 aliphatic heterocycles. The lowest BCUT2D eigenvalue weighted by Gasteiger charge is -2.35. The summed E-state index contributed by atoms with van der Waals surface area (Å²) in [6.07, 6.45) is 3.95. The molecule has 1 atom stereocenters. The van der Waals surface area contributed by atoms with Gasteiger partial charge in [-0.15, -0.1) is 0 Å². The number of benzene rings is 2. The van der Waals surface area contributed by atoms with E-state index in [4.69, 9.17) is 0 Å². The normalized spacial score (nSPS) is 16.9. The third-order valence-corrected chi connectivity index (χ3v) is 4.93. The molecule has 4 nitrogen and oxygen atoms in total. The Labute approximate surface area is 157 Å². The van der Waals surface area contributed by atoms with Gasteiger partial charge in [0.25, 0.3) is 11.8 Å². The molecular weight excluding hydrogens is 350 g/mol. The fourth-order valence-electron chi connectivity index (χ4n) is 3.45. The lowest BCUT2D eigenvalue weighted by atomic mass is 9.98. The van der Waals surface area contributed by atoms with E-state index < -0.39 is 23.2 Å². The number of piperidine rings is 1. The highest BCUT2D eigenvalue weighted by Crippen LogP contribution is 2.23. The van der Waals surface area contributed by atoms with Crippen LogP contribution in [0.5, 0.6) is 0 Å². The zero-order valence-electron chi connectivity index (χ0n) is 15.2. The molecule has 0 aliphatic carbocycles. The van der Waals surface area contributed by atoms with Crippen molar-refractivity contribution in [3.63, 3.8) is 0 Å². The van der Waals surface area contributed by atoms with E-state index in [1.807, 2.05) is 4.90 Å². The Morgan fingerprint density at radius 2 is 1.74 bits per heavy atom. The van der Waals surface area contributed by atoms with Gasteiger partial charge in [-0.25, -0.2) is 8.78 Å². The largest absolute Gasteiger partial charge is 0.336 e. The molecule has 0 aromatic heterocycles. The number of nitrogens with one attached hydrogen (secondary N) is 1. The second-order valence-corrected chi connectivity index (χ2v) is 6.69. The van der Waals surface area contributed by atoms with Crippen molar-refractivity contribution in [1.82, 2.24) is 4.90 Å². The van der Waals surface area contributed by atoms with Crippen LogP contribution in [0.3, 0.4) is 0 Å². The summed E-state index contributed by atoms with van der Waals surface area (Å²) < 4.78 is 27.5. The third-order valence-electron chi connectivity index (χ3n) is 4.93. The molecule has 0 saturated carbocycles. The average molecular weight is 372 g/mol. The van der Waals surface area contributed by atoms with Crippen LogP contribution in [0.15, 0.2) is 42.5 Å². The number of carbonyl (C=O) groups excluding carboxylic acids is 2. The van der Waals surface area contributed by atoms with Crippen LogP contribution in [0.2, 0.25) is 0 Å². The molecule has 1 fully saturated rings. The van der Waals surface area contributed by atoms with Gasteiger partial charge in [-0.2, -0.15) is 0 Å². The molecule has 142 valence electrons. The number of amides is 2. The maximum atomic E-state index is 13.7. The SMILES string of the molecule is CCC1CCCCN1C(=O)c1cccc(C(=O)Nc2c(F)cccc2F)c1. The number of hydrogen-bond acceptors (Lipinski definition) is 2. The van der Waals surface area contributed by atoms with Gasteiger partial charge in [-0.05, 0) is 56.0 Å². The van der Waals surface area contributed by atoms with Gasteiger partial charge in [0.1, 0.15) is 17.3 Å². The van der Waals surface area contributed by atoms with Crippen molar-refractivity contribution in [1.29, 1.82) is 0 Å². The summed E-state index contributed by atoms with van der Waals surface area (Å²) >= 11 is 0. The third kappa shape index (κ3) is 4.15. The van der Waals surface area contributed by atoms with Crippen molar-refractivity contribution in [2.45, 2.75) is 38.6 Å². The minimum Gasteiger partial charge on any atom is -0.336 e. The van der Waals surface area contributed by atoms with Crippen molar-refractivity contribution in [3.8, 4) is 0 Å². The first kappa shape index (κ1) is 19.0. The number of carbonyl (C=O) groups is 2. The molecule has 3 rings (SSSR count). The Kier molecular flexibility index (Phi) is 5.84. The van der Waals surface area contributed by atoms with E-state index in [-0.39, 0.29) is 17.5 Å². The lowest BCUT2D eigenvalue weighted by Crippen LogP contribution is -2.43. The van der Waals surface area contributed by atoms with Crippen LogP contribution in [-0.4, -0.2) is 29.3 Å². The number of anilines is 1. The van der Waals surface area contributed by atoms with E-state index in [0.717, 1.165) is 37.8 Å². The van der Waals surface area contributed by atoms with Crippen molar-refractivity contribution in [3.05, 3.63) is 65.2 Å². The smallest absolute Gasteiger partial charge is 0.255 e. The summed E-state index contributed by atoms with van der Waals surface area (Å²) in [7, 11) is 0. The predicted molar refractivity (Wildman–Crippen MR) is 99.7 cm³/mol. The van der Waals surface area contributed by atoms with Crippen molar-refractivity contribution in [2.24, 2.45) is 0 Å². The molecule has 1 unspecified atom stereocenters. The standard InChI is InChI=1S/C21H22F2N2O2/c1-2-16-9-3-4-12-25(16)21(27)15-8-5-7-14(13-15)20(26)24-19-17(22)10-6-11-18(19)23/h5-8,10-11,13,16H,2-4,9,12H2,1H3,(H,24,26). The Morgan fingerprint density at radius 3 is 2.44 bits per heavy atom. The van der Waals surface area contributed by atoms with Gasteiger partial charge in [0.2, 0.25) is 0 Å². The first-order valence-electron chi connectivity index (χ1n) is 9.17. The second kappa shape index (κ2) is 8.29. The highest BCUT2D eigenvalue weighted by atomic mass is 19.1. The molecule has 1 heterocycles. The van der Waals surface area contributed by atoms with Gasteiger partial charge in [-0.3, -0.25) is 9.59 Å². The summed E-state index contributed by atoms with van der Waals surface area (Å²) in [6.45, 7) is 2.76. The second-order valence-electron chi connectivity index (χ2n) is 6.69. The van der Waals surface area contributed by atoms with Crippen LogP contribution in [-0.2, 0) is 0 Å². The van der Waals surface area contributed by atoms with Crippen molar-refractivity contribution >= 4 is 17.5 Å². The fraction of sp³-hybridized carbons (Fsp3) is 0.333. The maximum absolute atomic E-state index is 13.7. The van der Waals surface area contributed by atoms with Crippen LogP contribution in [0, 0.1) is 11.6 Å². The first-order valence-corrected chi connectivity index (χ1v) is 9.17. The summed E-state index contributed by atoms with van der Waals surface area (Å²) in [6, 6.07) is 9.81. The van der Waals surface area contributed by atoms with Crippen molar-refractivity contribution < 1.29 is 18.4 Å². The Hall–Kier alpha value is -2.76. The molecule has 2 aromatic carbocycles. The summed E-state index contributed by atoms with van der Waals surface area (Å²) in [4.78, 5) is 27.2. The predicted octanol–water partition coefficient (Wildman–Crippen LogP) is 4.62. The van der Waals surface area contributed by atoms with Crippen molar-refractivity contribution in [2.75, 3.05) is 11.9 Å². The van der Waals surface area contributed by atoms with Gasteiger partial charge >= 0.3 is 0 Å². The zero-order valence-corrected chi connectivity index (χ0v) is 15.2. The summed E-state index contributed by atoms with van der Waals surface area (Å²) in [5, 5.41) is 2.25. The minimum atomic E-state index is -0.852. The molecule has 2 amide bonds. The van der Waals surface area contributed by atoms with Gasteiger partial charge in [-0.1, -0.05) is 19.1 Å². The van der Waals surface area contributed by atoms with Gasteiger partial charge in [0.05, 0.1) is 0 Å².